The summed E-state index contributed by atoms with van der Waals surface area (Å²) in [5.41, 5.74) is 1.77. The maximum Gasteiger partial charge on any atom is 0.392 e. The van der Waals surface area contributed by atoms with E-state index in [9.17, 15) is 22.0 Å². The molecule has 2 aromatic carbocycles. The molecule has 0 fully saturated rings. The van der Waals surface area contributed by atoms with E-state index in [2.05, 4.69) is 27.0 Å². The summed E-state index contributed by atoms with van der Waals surface area (Å²) in [4.78, 5) is 11.4. The number of nitrogens with zero attached hydrogens (tertiary/aromatic N) is 2. The van der Waals surface area contributed by atoms with Gasteiger partial charge in [-0.15, -0.1) is 11.8 Å². The fourth-order valence-electron chi connectivity index (χ4n) is 2.63. The Hall–Kier alpha value is -3.14. The quantitative estimate of drug-likeness (QED) is 0.223. The molecule has 0 radical (unpaired) electrons. The van der Waals surface area contributed by atoms with E-state index >= 15 is 0 Å². The van der Waals surface area contributed by atoms with E-state index in [-0.39, 0.29) is 5.69 Å². The summed E-state index contributed by atoms with van der Waals surface area (Å²) in [7, 11) is 0. The Bertz CT molecular complexity index is 1130. The fourth-order valence-corrected chi connectivity index (χ4v) is 3.43. The van der Waals surface area contributed by atoms with Crippen molar-refractivity contribution in [1.82, 2.24) is 9.97 Å². The molecule has 0 aliphatic carbocycles. The van der Waals surface area contributed by atoms with Gasteiger partial charge in [-0.05, 0) is 43.1 Å². The van der Waals surface area contributed by atoms with E-state index in [4.69, 9.17) is 0 Å². The SMILES string of the molecule is C=N/C=C\C(=C/CC(F)(F)F)SCc1nc2cc(Nc3cccc(F)c3F)ccc2[nH]1. The molecule has 3 rings (SSSR count). The molecule has 162 valence electrons. The summed E-state index contributed by atoms with van der Waals surface area (Å²) < 4.78 is 64.7. The Morgan fingerprint density at radius 2 is 2.03 bits per heavy atom. The number of alkyl halides is 3. The van der Waals surface area contributed by atoms with Crippen molar-refractivity contribution in [3.05, 3.63) is 77.1 Å². The normalized spacial score (nSPS) is 12.6. The second-order valence-electron chi connectivity index (χ2n) is 6.35. The molecular weight excluding hydrogens is 435 g/mol. The number of hydrogen-bond acceptors (Lipinski definition) is 4. The lowest BCUT2D eigenvalue weighted by atomic mass is 10.2. The van der Waals surface area contributed by atoms with Crippen molar-refractivity contribution in [3.8, 4) is 0 Å². The van der Waals surface area contributed by atoms with Crippen molar-refractivity contribution < 1.29 is 22.0 Å². The first kappa shape index (κ1) is 22.5. The Morgan fingerprint density at radius 1 is 1.23 bits per heavy atom. The molecule has 0 bridgehead atoms. The van der Waals surface area contributed by atoms with Gasteiger partial charge in [-0.3, -0.25) is 4.99 Å². The zero-order valence-corrected chi connectivity index (χ0v) is 16.8. The molecule has 1 aromatic heterocycles. The molecule has 0 saturated heterocycles. The average Bonchev–Trinajstić information content (AvgIpc) is 3.12. The topological polar surface area (TPSA) is 53.1 Å². The number of aliphatic imine (C=N–C) groups is 1. The standard InChI is InChI=1S/C21H17F5N4S/c1-27-10-8-14(7-9-21(24,25)26)31-12-19-29-16-6-5-13(11-18(16)30-19)28-17-4-2-3-15(22)20(17)23/h2-8,10-11,28H,1,9,12H2,(H,29,30)/b10-8-,14-7+. The summed E-state index contributed by atoms with van der Waals surface area (Å²) >= 11 is 1.17. The lowest BCUT2D eigenvalue weighted by Crippen LogP contribution is -2.04. The van der Waals surface area contributed by atoms with Crippen LogP contribution in [0.5, 0.6) is 0 Å². The van der Waals surface area contributed by atoms with Gasteiger partial charge in [-0.2, -0.15) is 13.2 Å². The van der Waals surface area contributed by atoms with Gasteiger partial charge in [-0.25, -0.2) is 13.8 Å². The van der Waals surface area contributed by atoms with Crippen LogP contribution >= 0.6 is 11.8 Å². The van der Waals surface area contributed by atoms with E-state index in [0.29, 0.717) is 33.2 Å². The average molecular weight is 452 g/mol. The van der Waals surface area contributed by atoms with Crippen LogP contribution in [0.1, 0.15) is 12.2 Å². The van der Waals surface area contributed by atoms with Gasteiger partial charge >= 0.3 is 6.18 Å². The lowest BCUT2D eigenvalue weighted by Gasteiger charge is -2.07. The summed E-state index contributed by atoms with van der Waals surface area (Å²) in [6, 6.07) is 8.89. The smallest absolute Gasteiger partial charge is 0.353 e. The summed E-state index contributed by atoms with van der Waals surface area (Å²) in [5.74, 6) is -1.10. The monoisotopic (exact) mass is 452 g/mol. The van der Waals surface area contributed by atoms with Crippen LogP contribution < -0.4 is 5.32 Å². The number of H-pyrrole nitrogens is 1. The minimum atomic E-state index is -4.30. The molecule has 4 nitrogen and oxygen atoms in total. The lowest BCUT2D eigenvalue weighted by molar-refractivity contribution is -0.125. The van der Waals surface area contributed by atoms with E-state index in [1.165, 1.54) is 36.2 Å². The van der Waals surface area contributed by atoms with Gasteiger partial charge in [0.05, 0.1) is 28.9 Å². The molecule has 0 unspecified atom stereocenters. The highest BCUT2D eigenvalue weighted by Gasteiger charge is 2.25. The molecule has 1 heterocycles. The molecule has 31 heavy (non-hydrogen) atoms. The third-order valence-corrected chi connectivity index (χ3v) is 5.07. The van der Waals surface area contributed by atoms with Crippen LogP contribution in [-0.2, 0) is 5.75 Å². The predicted molar refractivity (Wildman–Crippen MR) is 114 cm³/mol. The number of anilines is 2. The van der Waals surface area contributed by atoms with Crippen LogP contribution in [0.4, 0.5) is 33.3 Å². The van der Waals surface area contributed by atoms with Crippen molar-refractivity contribution in [1.29, 1.82) is 0 Å². The van der Waals surface area contributed by atoms with Crippen LogP contribution in [0.2, 0.25) is 0 Å². The zero-order valence-electron chi connectivity index (χ0n) is 16.0. The molecule has 10 heteroatoms. The van der Waals surface area contributed by atoms with Crippen molar-refractivity contribution in [2.45, 2.75) is 18.3 Å². The number of nitrogens with one attached hydrogen (secondary N) is 2. The number of aromatic amines is 1. The van der Waals surface area contributed by atoms with Crippen LogP contribution in [0.3, 0.4) is 0 Å². The van der Waals surface area contributed by atoms with Crippen molar-refractivity contribution in [3.63, 3.8) is 0 Å². The second-order valence-corrected chi connectivity index (χ2v) is 7.40. The minimum Gasteiger partial charge on any atom is -0.353 e. The molecular formula is C21H17F5N4S. The highest BCUT2D eigenvalue weighted by molar-refractivity contribution is 8.02. The van der Waals surface area contributed by atoms with Crippen LogP contribution in [0, 0.1) is 11.6 Å². The first-order valence-electron chi connectivity index (χ1n) is 8.97. The number of allylic oxidation sites excluding steroid dienone is 2. The van der Waals surface area contributed by atoms with E-state index in [1.807, 2.05) is 0 Å². The molecule has 2 N–H and O–H groups in total. The highest BCUT2D eigenvalue weighted by atomic mass is 32.2. The summed E-state index contributed by atoms with van der Waals surface area (Å²) in [6.07, 6.45) is -1.52. The summed E-state index contributed by atoms with van der Waals surface area (Å²) in [5, 5.41) is 2.80. The third-order valence-electron chi connectivity index (χ3n) is 4.02. The molecule has 0 atom stereocenters. The largest absolute Gasteiger partial charge is 0.392 e. The Kier molecular flexibility index (Phi) is 7.11. The van der Waals surface area contributed by atoms with Gasteiger partial charge in [0, 0.05) is 16.8 Å². The second kappa shape index (κ2) is 9.78. The number of imidazole rings is 1. The Balaban J connectivity index is 1.74. The van der Waals surface area contributed by atoms with Crippen molar-refractivity contribution >= 4 is 40.9 Å². The summed E-state index contributed by atoms with van der Waals surface area (Å²) in [6.45, 7) is 3.27. The molecule has 0 aliphatic heterocycles. The van der Waals surface area contributed by atoms with E-state index in [1.54, 1.807) is 18.2 Å². The molecule has 0 spiro atoms. The maximum atomic E-state index is 13.9. The number of aromatic nitrogens is 2. The number of benzene rings is 2. The first-order chi connectivity index (χ1) is 14.7. The number of fused-ring (bicyclic) bond motifs is 1. The number of halogens is 5. The van der Waals surface area contributed by atoms with Crippen molar-refractivity contribution in [2.75, 3.05) is 5.32 Å². The molecule has 0 amide bonds. The van der Waals surface area contributed by atoms with E-state index < -0.39 is 24.2 Å². The maximum absolute atomic E-state index is 13.9. The number of thioether (sulfide) groups is 1. The number of hydrogen-bond donors (Lipinski definition) is 2. The first-order valence-corrected chi connectivity index (χ1v) is 9.95. The van der Waals surface area contributed by atoms with Gasteiger partial charge in [-0.1, -0.05) is 12.1 Å². The van der Waals surface area contributed by atoms with Crippen LogP contribution in [-0.4, -0.2) is 22.9 Å². The zero-order chi connectivity index (χ0) is 22.4. The van der Waals surface area contributed by atoms with Gasteiger partial charge < -0.3 is 10.3 Å². The van der Waals surface area contributed by atoms with E-state index in [0.717, 1.165) is 12.1 Å². The van der Waals surface area contributed by atoms with Gasteiger partial charge in [0.15, 0.2) is 11.6 Å². The molecule has 0 saturated carbocycles. The Labute approximate surface area is 179 Å². The Morgan fingerprint density at radius 3 is 2.77 bits per heavy atom. The van der Waals surface area contributed by atoms with Gasteiger partial charge in [0.25, 0.3) is 0 Å². The van der Waals surface area contributed by atoms with Crippen molar-refractivity contribution in [2.24, 2.45) is 4.99 Å². The molecule has 3 aromatic rings. The predicted octanol–water partition coefficient (Wildman–Crippen LogP) is 6.87. The van der Waals surface area contributed by atoms with Gasteiger partial charge in [0.2, 0.25) is 0 Å². The van der Waals surface area contributed by atoms with Crippen LogP contribution in [0.25, 0.3) is 11.0 Å². The third kappa shape index (κ3) is 6.42. The minimum absolute atomic E-state index is 0.00674. The fraction of sp³-hybridized carbons (Fsp3) is 0.143. The number of rotatable bonds is 8. The highest BCUT2D eigenvalue weighted by Crippen LogP contribution is 2.28. The van der Waals surface area contributed by atoms with Gasteiger partial charge in [0.1, 0.15) is 5.82 Å². The molecule has 0 aliphatic rings. The van der Waals surface area contributed by atoms with Crippen LogP contribution in [0.15, 0.2) is 64.6 Å².